The summed E-state index contributed by atoms with van der Waals surface area (Å²) in [5.74, 6) is 0.196. The van der Waals surface area contributed by atoms with Gasteiger partial charge in [0.15, 0.2) is 0 Å². The Bertz CT molecular complexity index is 936. The van der Waals surface area contributed by atoms with Crippen LogP contribution in [0.25, 0.3) is 0 Å². The zero-order chi connectivity index (χ0) is 19.2. The summed E-state index contributed by atoms with van der Waals surface area (Å²) in [5, 5.41) is 0. The fraction of sp³-hybridized carbons (Fsp3) is 0.0385. The topological polar surface area (TPSA) is 61.3 Å². The van der Waals surface area contributed by atoms with Crippen molar-refractivity contribution < 1.29 is 9.53 Å². The maximum atomic E-state index is 13.8. The van der Waals surface area contributed by atoms with Gasteiger partial charge in [0.1, 0.15) is 11.2 Å². The summed E-state index contributed by atoms with van der Waals surface area (Å²) in [7, 11) is 0. The molecule has 144 valence electrons. The summed E-state index contributed by atoms with van der Waals surface area (Å²) in [6, 6.07) is 38.6. The van der Waals surface area contributed by atoms with Crippen molar-refractivity contribution >= 4 is 5.97 Å². The van der Waals surface area contributed by atoms with Gasteiger partial charge in [-0.15, -0.1) is 0 Å². The van der Waals surface area contributed by atoms with Crippen LogP contribution < -0.4 is 10.9 Å². The first-order valence-electron chi connectivity index (χ1n) is 9.26. The van der Waals surface area contributed by atoms with Gasteiger partial charge in [-0.3, -0.25) is 0 Å². The summed E-state index contributed by atoms with van der Waals surface area (Å²) in [4.78, 5) is 13.8. The molecule has 4 aromatic rings. The van der Waals surface area contributed by atoms with Gasteiger partial charge >= 0.3 is 5.97 Å². The number of carbonyl (C=O) groups excluding carboxylic acids is 1. The van der Waals surface area contributed by atoms with E-state index in [0.29, 0.717) is 5.75 Å². The quantitative estimate of drug-likeness (QED) is 0.270. The molecule has 0 aliphatic carbocycles. The Morgan fingerprint density at radius 3 is 1.17 bits per heavy atom. The van der Waals surface area contributed by atoms with Gasteiger partial charge in [-0.2, -0.15) is 0 Å². The summed E-state index contributed by atoms with van der Waals surface area (Å²) in [6.07, 6.45) is 0. The van der Waals surface area contributed by atoms with Crippen molar-refractivity contribution in [2.24, 2.45) is 0 Å². The molecule has 0 spiro atoms. The van der Waals surface area contributed by atoms with E-state index < -0.39 is 5.41 Å². The molecule has 0 heterocycles. The van der Waals surface area contributed by atoms with Crippen molar-refractivity contribution in [1.29, 1.82) is 0 Å². The molecule has 3 nitrogen and oxygen atoms in total. The van der Waals surface area contributed by atoms with Crippen LogP contribution in [0.15, 0.2) is 121 Å². The predicted molar refractivity (Wildman–Crippen MR) is 116 cm³/mol. The van der Waals surface area contributed by atoms with E-state index in [0.717, 1.165) is 16.7 Å². The number of hydrogen-bond acceptors (Lipinski definition) is 3. The first-order chi connectivity index (χ1) is 13.8. The van der Waals surface area contributed by atoms with E-state index in [9.17, 15) is 4.79 Å². The van der Waals surface area contributed by atoms with Crippen LogP contribution in [0, 0.1) is 0 Å². The first kappa shape index (κ1) is 20.1. The lowest BCUT2D eigenvalue weighted by Crippen LogP contribution is -2.41. The standard InChI is InChI=1S/C26H20O2.H3N/c27-25(28-24-19-11-4-12-20-24)26(21-13-5-1-6-14-21,22-15-7-2-8-16-22)23-17-9-3-10-18-23;/h1-20H;1H3. The maximum absolute atomic E-state index is 13.8. The number of benzene rings is 4. The zero-order valence-corrected chi connectivity index (χ0v) is 16.1. The van der Waals surface area contributed by atoms with E-state index in [4.69, 9.17) is 4.74 Å². The molecule has 3 N–H and O–H groups in total. The van der Waals surface area contributed by atoms with Crippen molar-refractivity contribution in [3.63, 3.8) is 0 Å². The molecule has 4 aromatic carbocycles. The molecular weight excluding hydrogens is 358 g/mol. The number of ether oxygens (including phenoxy) is 1. The average molecular weight is 381 g/mol. The van der Waals surface area contributed by atoms with Crippen molar-refractivity contribution in [3.8, 4) is 5.75 Å². The van der Waals surface area contributed by atoms with Crippen molar-refractivity contribution in [3.05, 3.63) is 138 Å². The summed E-state index contributed by atoms with van der Waals surface area (Å²) in [6.45, 7) is 0. The molecule has 3 heteroatoms. The fourth-order valence-electron chi connectivity index (χ4n) is 3.59. The zero-order valence-electron chi connectivity index (χ0n) is 16.1. The third kappa shape index (κ3) is 3.82. The second kappa shape index (κ2) is 9.00. The highest BCUT2D eigenvalue weighted by Gasteiger charge is 2.45. The maximum Gasteiger partial charge on any atom is 0.331 e. The molecule has 0 aliphatic rings. The van der Waals surface area contributed by atoms with Crippen LogP contribution in [0.3, 0.4) is 0 Å². The van der Waals surface area contributed by atoms with E-state index in [2.05, 4.69) is 0 Å². The molecule has 0 amide bonds. The molecule has 0 saturated heterocycles. The summed E-state index contributed by atoms with van der Waals surface area (Å²) >= 11 is 0. The molecule has 0 aliphatic heterocycles. The lowest BCUT2D eigenvalue weighted by atomic mass is 9.69. The first-order valence-corrected chi connectivity index (χ1v) is 9.26. The second-order valence-electron chi connectivity index (χ2n) is 6.55. The molecule has 4 rings (SSSR count). The van der Waals surface area contributed by atoms with Crippen LogP contribution >= 0.6 is 0 Å². The van der Waals surface area contributed by atoms with Gasteiger partial charge in [-0.1, -0.05) is 109 Å². The van der Waals surface area contributed by atoms with E-state index in [-0.39, 0.29) is 12.1 Å². The Morgan fingerprint density at radius 1 is 0.517 bits per heavy atom. The Kier molecular flexibility index (Phi) is 6.22. The van der Waals surface area contributed by atoms with Gasteiger partial charge in [-0.25, -0.2) is 4.79 Å². The van der Waals surface area contributed by atoms with Gasteiger partial charge < -0.3 is 10.9 Å². The van der Waals surface area contributed by atoms with Crippen LogP contribution in [-0.4, -0.2) is 5.97 Å². The minimum Gasteiger partial charge on any atom is -0.425 e. The second-order valence-corrected chi connectivity index (χ2v) is 6.55. The molecule has 0 unspecified atom stereocenters. The Labute approximate surface area is 171 Å². The molecular formula is C26H23NO2. The normalized spacial score (nSPS) is 10.6. The van der Waals surface area contributed by atoms with Crippen LogP contribution in [0.4, 0.5) is 0 Å². The smallest absolute Gasteiger partial charge is 0.331 e. The van der Waals surface area contributed by atoms with Crippen LogP contribution in [0.5, 0.6) is 5.75 Å². The highest BCUT2D eigenvalue weighted by Crippen LogP contribution is 2.40. The molecule has 29 heavy (non-hydrogen) atoms. The third-order valence-corrected chi connectivity index (χ3v) is 4.88. The largest absolute Gasteiger partial charge is 0.425 e. The van der Waals surface area contributed by atoms with Crippen LogP contribution in [-0.2, 0) is 10.2 Å². The van der Waals surface area contributed by atoms with Gasteiger partial charge in [0.05, 0.1) is 0 Å². The van der Waals surface area contributed by atoms with Crippen molar-refractivity contribution in [1.82, 2.24) is 6.15 Å². The number of esters is 1. The molecule has 0 bridgehead atoms. The fourth-order valence-corrected chi connectivity index (χ4v) is 3.59. The SMILES string of the molecule is N.O=C(Oc1ccccc1)C(c1ccccc1)(c1ccccc1)c1ccccc1. The molecule has 0 atom stereocenters. The lowest BCUT2D eigenvalue weighted by molar-refractivity contribution is -0.138. The summed E-state index contributed by atoms with van der Waals surface area (Å²) in [5.41, 5.74) is 1.54. The van der Waals surface area contributed by atoms with E-state index in [1.807, 2.05) is 109 Å². The predicted octanol–water partition coefficient (Wildman–Crippen LogP) is 5.79. The average Bonchev–Trinajstić information content (AvgIpc) is 2.77. The van der Waals surface area contributed by atoms with Gasteiger partial charge in [0.2, 0.25) is 0 Å². The minimum atomic E-state index is -1.07. The van der Waals surface area contributed by atoms with E-state index >= 15 is 0 Å². The highest BCUT2D eigenvalue weighted by molar-refractivity contribution is 5.93. The van der Waals surface area contributed by atoms with Crippen LogP contribution in [0.2, 0.25) is 0 Å². The lowest BCUT2D eigenvalue weighted by Gasteiger charge is -2.33. The minimum absolute atomic E-state index is 0. The van der Waals surface area contributed by atoms with Gasteiger partial charge in [-0.05, 0) is 28.8 Å². The molecule has 0 fully saturated rings. The van der Waals surface area contributed by atoms with E-state index in [1.165, 1.54) is 0 Å². The highest BCUT2D eigenvalue weighted by atomic mass is 16.5. The van der Waals surface area contributed by atoms with E-state index in [1.54, 1.807) is 12.1 Å². The van der Waals surface area contributed by atoms with Crippen LogP contribution in [0.1, 0.15) is 16.7 Å². The Morgan fingerprint density at radius 2 is 0.828 bits per heavy atom. The van der Waals surface area contributed by atoms with Gasteiger partial charge in [0, 0.05) is 0 Å². The third-order valence-electron chi connectivity index (χ3n) is 4.88. The number of hydrogen-bond donors (Lipinski definition) is 1. The number of rotatable bonds is 5. The Hall–Kier alpha value is -3.69. The molecule has 0 aromatic heterocycles. The summed E-state index contributed by atoms with van der Waals surface area (Å²) < 4.78 is 5.90. The number of para-hydroxylation sites is 1. The Balaban J connectivity index is 0.00000240. The van der Waals surface area contributed by atoms with Crippen molar-refractivity contribution in [2.75, 3.05) is 0 Å². The van der Waals surface area contributed by atoms with Gasteiger partial charge in [0.25, 0.3) is 0 Å². The molecule has 0 saturated carbocycles. The number of carbonyl (C=O) groups is 1. The van der Waals surface area contributed by atoms with Crippen molar-refractivity contribution in [2.45, 2.75) is 5.41 Å². The monoisotopic (exact) mass is 381 g/mol. The molecule has 0 radical (unpaired) electrons.